The van der Waals surface area contributed by atoms with Crippen molar-refractivity contribution in [2.24, 2.45) is 0 Å². The van der Waals surface area contributed by atoms with Crippen LogP contribution in [0, 0.1) is 0 Å². The lowest BCUT2D eigenvalue weighted by Gasteiger charge is -2.15. The summed E-state index contributed by atoms with van der Waals surface area (Å²) < 4.78 is 5.35. The first-order valence-corrected chi connectivity index (χ1v) is 6.01. The van der Waals surface area contributed by atoms with Gasteiger partial charge >= 0.3 is 0 Å². The third-order valence-electron chi connectivity index (χ3n) is 2.68. The molecular formula is C14H23NO2. The van der Waals surface area contributed by atoms with Gasteiger partial charge in [-0.05, 0) is 45.5 Å². The molecule has 0 spiro atoms. The van der Waals surface area contributed by atoms with Crippen LogP contribution in [0.4, 0.5) is 0 Å². The second-order valence-electron chi connectivity index (χ2n) is 4.77. The number of hydrogen-bond acceptors (Lipinski definition) is 3. The van der Waals surface area contributed by atoms with Gasteiger partial charge in [0.15, 0.2) is 0 Å². The van der Waals surface area contributed by atoms with Crippen LogP contribution in [0.5, 0.6) is 5.75 Å². The molecular weight excluding hydrogens is 214 g/mol. The smallest absolute Gasteiger partial charge is 0.123 e. The molecule has 0 heterocycles. The normalized spacial score (nSPS) is 12.8. The Kier molecular flexibility index (Phi) is 5.45. The van der Waals surface area contributed by atoms with Gasteiger partial charge < -0.3 is 14.7 Å². The van der Waals surface area contributed by atoms with E-state index < -0.39 is 0 Å². The van der Waals surface area contributed by atoms with E-state index in [1.807, 2.05) is 27.1 Å². The minimum atomic E-state index is -0.241. The SMILES string of the molecule is COc1ccc(CC[C@H](C)O)cc1CN(C)C. The fourth-order valence-corrected chi connectivity index (χ4v) is 1.83. The summed E-state index contributed by atoms with van der Waals surface area (Å²) in [4.78, 5) is 2.12. The Labute approximate surface area is 104 Å². The average Bonchev–Trinajstić information content (AvgIpc) is 2.25. The first kappa shape index (κ1) is 14.0. The van der Waals surface area contributed by atoms with Crippen molar-refractivity contribution in [1.82, 2.24) is 4.90 Å². The molecule has 0 aromatic heterocycles. The Morgan fingerprint density at radius 1 is 1.35 bits per heavy atom. The number of ether oxygens (including phenoxy) is 1. The molecule has 0 aliphatic carbocycles. The molecule has 0 radical (unpaired) electrons. The van der Waals surface area contributed by atoms with Gasteiger partial charge in [0.1, 0.15) is 5.75 Å². The van der Waals surface area contributed by atoms with E-state index in [0.29, 0.717) is 0 Å². The van der Waals surface area contributed by atoms with Crippen LogP contribution in [0.1, 0.15) is 24.5 Å². The lowest BCUT2D eigenvalue weighted by atomic mass is 10.0. The number of rotatable bonds is 6. The molecule has 96 valence electrons. The Morgan fingerprint density at radius 3 is 2.59 bits per heavy atom. The summed E-state index contributed by atoms with van der Waals surface area (Å²) in [6, 6.07) is 6.25. The Balaban J connectivity index is 2.80. The zero-order chi connectivity index (χ0) is 12.8. The second kappa shape index (κ2) is 6.62. The van der Waals surface area contributed by atoms with Gasteiger partial charge in [-0.15, -0.1) is 0 Å². The van der Waals surface area contributed by atoms with Crippen molar-refractivity contribution in [3.8, 4) is 5.75 Å². The topological polar surface area (TPSA) is 32.7 Å². The van der Waals surface area contributed by atoms with Crippen LogP contribution in [0.3, 0.4) is 0 Å². The second-order valence-corrected chi connectivity index (χ2v) is 4.77. The van der Waals surface area contributed by atoms with E-state index in [0.717, 1.165) is 25.1 Å². The number of benzene rings is 1. The van der Waals surface area contributed by atoms with E-state index in [1.54, 1.807) is 7.11 Å². The molecule has 1 aromatic rings. The van der Waals surface area contributed by atoms with E-state index in [4.69, 9.17) is 4.74 Å². The summed E-state index contributed by atoms with van der Waals surface area (Å²) in [5, 5.41) is 9.30. The monoisotopic (exact) mass is 237 g/mol. The number of aryl methyl sites for hydroxylation is 1. The maximum Gasteiger partial charge on any atom is 0.123 e. The molecule has 0 amide bonds. The van der Waals surface area contributed by atoms with Crippen molar-refractivity contribution in [2.45, 2.75) is 32.4 Å². The van der Waals surface area contributed by atoms with Crippen LogP contribution < -0.4 is 4.74 Å². The van der Waals surface area contributed by atoms with Crippen molar-refractivity contribution in [1.29, 1.82) is 0 Å². The van der Waals surface area contributed by atoms with Gasteiger partial charge in [0.25, 0.3) is 0 Å². The third-order valence-corrected chi connectivity index (χ3v) is 2.68. The Hall–Kier alpha value is -1.06. The molecule has 1 rings (SSSR count). The Morgan fingerprint density at radius 2 is 2.06 bits per heavy atom. The van der Waals surface area contributed by atoms with Crippen LogP contribution in [-0.4, -0.2) is 37.3 Å². The molecule has 3 heteroatoms. The van der Waals surface area contributed by atoms with Crippen LogP contribution in [0.25, 0.3) is 0 Å². The van der Waals surface area contributed by atoms with Crippen LogP contribution in [-0.2, 0) is 13.0 Å². The maximum atomic E-state index is 9.30. The molecule has 1 atom stereocenters. The molecule has 1 N–H and O–H groups in total. The van der Waals surface area contributed by atoms with Crippen molar-refractivity contribution in [2.75, 3.05) is 21.2 Å². The van der Waals surface area contributed by atoms with E-state index in [2.05, 4.69) is 17.0 Å². The number of hydrogen-bond donors (Lipinski definition) is 1. The first-order valence-electron chi connectivity index (χ1n) is 6.01. The molecule has 0 aliphatic rings. The van der Waals surface area contributed by atoms with Crippen LogP contribution in [0.2, 0.25) is 0 Å². The van der Waals surface area contributed by atoms with E-state index in [1.165, 1.54) is 11.1 Å². The molecule has 0 fully saturated rings. The highest BCUT2D eigenvalue weighted by Crippen LogP contribution is 2.22. The predicted molar refractivity (Wildman–Crippen MR) is 70.4 cm³/mol. The van der Waals surface area contributed by atoms with Crippen molar-refractivity contribution < 1.29 is 9.84 Å². The fraction of sp³-hybridized carbons (Fsp3) is 0.571. The molecule has 0 saturated carbocycles. The highest BCUT2D eigenvalue weighted by Gasteiger charge is 2.06. The molecule has 0 aliphatic heterocycles. The molecule has 1 aromatic carbocycles. The van der Waals surface area contributed by atoms with E-state index >= 15 is 0 Å². The summed E-state index contributed by atoms with van der Waals surface area (Å²) in [6.45, 7) is 2.69. The van der Waals surface area contributed by atoms with Crippen LogP contribution >= 0.6 is 0 Å². The molecule has 17 heavy (non-hydrogen) atoms. The third kappa shape index (κ3) is 4.75. The first-order chi connectivity index (χ1) is 8.02. The molecule has 0 bridgehead atoms. The van der Waals surface area contributed by atoms with Gasteiger partial charge in [-0.1, -0.05) is 12.1 Å². The summed E-state index contributed by atoms with van der Waals surface area (Å²) in [7, 11) is 5.79. The maximum absolute atomic E-state index is 9.30. The summed E-state index contributed by atoms with van der Waals surface area (Å²) >= 11 is 0. The summed E-state index contributed by atoms with van der Waals surface area (Å²) in [6.07, 6.45) is 1.46. The van der Waals surface area contributed by atoms with Crippen molar-refractivity contribution in [3.05, 3.63) is 29.3 Å². The van der Waals surface area contributed by atoms with Crippen molar-refractivity contribution in [3.63, 3.8) is 0 Å². The van der Waals surface area contributed by atoms with Crippen molar-refractivity contribution >= 4 is 0 Å². The van der Waals surface area contributed by atoms with Gasteiger partial charge in [0, 0.05) is 12.1 Å². The summed E-state index contributed by atoms with van der Waals surface area (Å²) in [5.74, 6) is 0.930. The standard InChI is InChI=1S/C14H23NO2/c1-11(16)5-6-12-7-8-14(17-4)13(9-12)10-15(2)3/h7-9,11,16H,5-6,10H2,1-4H3/t11-/m0/s1. The number of aliphatic hydroxyl groups is 1. The molecule has 0 unspecified atom stereocenters. The van der Waals surface area contributed by atoms with E-state index in [-0.39, 0.29) is 6.10 Å². The zero-order valence-corrected chi connectivity index (χ0v) is 11.2. The highest BCUT2D eigenvalue weighted by atomic mass is 16.5. The quantitative estimate of drug-likeness (QED) is 0.822. The van der Waals surface area contributed by atoms with Gasteiger partial charge in [-0.25, -0.2) is 0 Å². The van der Waals surface area contributed by atoms with Gasteiger partial charge in [0.2, 0.25) is 0 Å². The predicted octanol–water partition coefficient (Wildman–Crippen LogP) is 2.07. The minimum absolute atomic E-state index is 0.241. The van der Waals surface area contributed by atoms with Crippen LogP contribution in [0.15, 0.2) is 18.2 Å². The molecule has 0 saturated heterocycles. The molecule has 3 nitrogen and oxygen atoms in total. The van der Waals surface area contributed by atoms with Gasteiger partial charge in [-0.2, -0.15) is 0 Å². The lowest BCUT2D eigenvalue weighted by Crippen LogP contribution is -2.12. The lowest BCUT2D eigenvalue weighted by molar-refractivity contribution is 0.185. The fourth-order valence-electron chi connectivity index (χ4n) is 1.83. The Bertz CT molecular complexity index is 348. The minimum Gasteiger partial charge on any atom is -0.496 e. The van der Waals surface area contributed by atoms with Gasteiger partial charge in [-0.3, -0.25) is 0 Å². The number of nitrogens with zero attached hydrogens (tertiary/aromatic N) is 1. The average molecular weight is 237 g/mol. The zero-order valence-electron chi connectivity index (χ0n) is 11.2. The highest BCUT2D eigenvalue weighted by molar-refractivity contribution is 5.37. The summed E-state index contributed by atoms with van der Waals surface area (Å²) in [5.41, 5.74) is 2.45. The van der Waals surface area contributed by atoms with E-state index in [9.17, 15) is 5.11 Å². The van der Waals surface area contributed by atoms with Gasteiger partial charge in [0.05, 0.1) is 13.2 Å². The largest absolute Gasteiger partial charge is 0.496 e. The number of methoxy groups -OCH3 is 1. The number of aliphatic hydroxyl groups excluding tert-OH is 1.